The smallest absolute Gasteiger partial charge is 0.258 e. The number of para-hydroxylation sites is 2. The number of aliphatic imine (C=N–C) groups is 1. The average Bonchev–Trinajstić information content (AvgIpc) is 3.08. The Labute approximate surface area is 227 Å². The number of halogens is 1. The molecule has 4 aromatic carbocycles. The zero-order valence-corrected chi connectivity index (χ0v) is 21.8. The molecule has 38 heavy (non-hydrogen) atoms. The molecular weight excluding hydrogens is 492 g/mol. The van der Waals surface area contributed by atoms with E-state index in [0.717, 1.165) is 22.4 Å². The fraction of sp³-hybridized carbons (Fsp3) is 0.182. The highest BCUT2D eigenvalue weighted by Crippen LogP contribution is 2.48. The number of ketones is 1. The minimum Gasteiger partial charge on any atom is -0.299 e. The zero-order valence-electron chi connectivity index (χ0n) is 21.1. The number of carbonyl (C=O) groups excluding carboxylic acids is 2. The fourth-order valence-corrected chi connectivity index (χ4v) is 5.95. The first kappa shape index (κ1) is 24.3. The molecule has 0 unspecified atom stereocenters. The summed E-state index contributed by atoms with van der Waals surface area (Å²) in [4.78, 5) is 35.2. The highest BCUT2D eigenvalue weighted by atomic mass is 35.5. The van der Waals surface area contributed by atoms with E-state index in [2.05, 4.69) is 0 Å². The van der Waals surface area contributed by atoms with Crippen LogP contribution in [0.3, 0.4) is 0 Å². The molecule has 1 amide bonds. The largest absolute Gasteiger partial charge is 0.299 e. The van der Waals surface area contributed by atoms with Crippen LogP contribution in [0.5, 0.6) is 0 Å². The van der Waals surface area contributed by atoms with E-state index in [4.69, 9.17) is 16.6 Å². The third-order valence-corrected chi connectivity index (χ3v) is 7.82. The summed E-state index contributed by atoms with van der Waals surface area (Å²) in [5.41, 5.74) is 5.87. The van der Waals surface area contributed by atoms with Crippen LogP contribution in [0.2, 0.25) is 5.02 Å². The molecule has 1 heterocycles. The molecular formula is C33H27ClN2O2. The van der Waals surface area contributed by atoms with Crippen LogP contribution in [0.25, 0.3) is 0 Å². The van der Waals surface area contributed by atoms with Gasteiger partial charge in [-0.25, -0.2) is 0 Å². The van der Waals surface area contributed by atoms with E-state index in [0.29, 0.717) is 34.8 Å². The SMILES string of the molecule is Cc1ccc([C@H]2[C@@H]3C(=O)C[C@@H](c4cccc(Cl)c4)CC3=Nc3ccccc3N2C(=O)c2ccccc2)cc1. The van der Waals surface area contributed by atoms with Crippen LogP contribution in [0, 0.1) is 12.8 Å². The van der Waals surface area contributed by atoms with Crippen molar-refractivity contribution in [3.63, 3.8) is 0 Å². The third-order valence-electron chi connectivity index (χ3n) is 7.59. The van der Waals surface area contributed by atoms with Crippen LogP contribution in [0.1, 0.15) is 51.8 Å². The second-order valence-corrected chi connectivity index (χ2v) is 10.5. The van der Waals surface area contributed by atoms with E-state index in [-0.39, 0.29) is 17.6 Å². The van der Waals surface area contributed by atoms with Gasteiger partial charge in [0.15, 0.2) is 0 Å². The molecule has 4 aromatic rings. The molecule has 1 saturated carbocycles. The maximum Gasteiger partial charge on any atom is 0.258 e. The van der Waals surface area contributed by atoms with Crippen LogP contribution in [-0.2, 0) is 4.79 Å². The van der Waals surface area contributed by atoms with Gasteiger partial charge < -0.3 is 0 Å². The van der Waals surface area contributed by atoms with E-state index in [9.17, 15) is 9.59 Å². The first-order chi connectivity index (χ1) is 18.5. The van der Waals surface area contributed by atoms with Gasteiger partial charge in [0.05, 0.1) is 23.3 Å². The summed E-state index contributed by atoms with van der Waals surface area (Å²) in [6.07, 6.45) is 0.997. The van der Waals surface area contributed by atoms with Crippen LogP contribution >= 0.6 is 11.6 Å². The number of Topliss-reactive ketones (excluding diaryl/α,β-unsaturated/α-hetero) is 1. The first-order valence-corrected chi connectivity index (χ1v) is 13.3. The van der Waals surface area contributed by atoms with Crippen molar-refractivity contribution >= 4 is 40.4 Å². The molecule has 1 aliphatic carbocycles. The Hall–Kier alpha value is -4.02. The molecule has 1 aliphatic heterocycles. The van der Waals surface area contributed by atoms with Gasteiger partial charge in [-0.3, -0.25) is 19.5 Å². The first-order valence-electron chi connectivity index (χ1n) is 12.9. The molecule has 3 atom stereocenters. The monoisotopic (exact) mass is 518 g/mol. The minimum atomic E-state index is -0.548. The average molecular weight is 519 g/mol. The van der Waals surface area contributed by atoms with E-state index in [1.54, 1.807) is 4.90 Å². The van der Waals surface area contributed by atoms with Crippen molar-refractivity contribution in [1.82, 2.24) is 0 Å². The molecule has 0 N–H and O–H groups in total. The summed E-state index contributed by atoms with van der Waals surface area (Å²) >= 11 is 6.30. The van der Waals surface area contributed by atoms with E-state index in [1.807, 2.05) is 110 Å². The lowest BCUT2D eigenvalue weighted by atomic mass is 9.72. The lowest BCUT2D eigenvalue weighted by molar-refractivity contribution is -0.122. The highest BCUT2D eigenvalue weighted by molar-refractivity contribution is 6.30. The normalized spacial score (nSPS) is 20.7. The number of fused-ring (bicyclic) bond motifs is 2. The third kappa shape index (κ3) is 4.46. The summed E-state index contributed by atoms with van der Waals surface area (Å²) in [5, 5.41) is 0.655. The van der Waals surface area contributed by atoms with Crippen LogP contribution in [-0.4, -0.2) is 17.4 Å². The molecule has 2 aliphatic rings. The maximum atomic E-state index is 14.2. The van der Waals surface area contributed by atoms with Crippen molar-refractivity contribution in [3.8, 4) is 0 Å². The molecule has 4 nitrogen and oxygen atoms in total. The summed E-state index contributed by atoms with van der Waals surface area (Å²) in [5.74, 6) is -0.624. The number of anilines is 1. The van der Waals surface area contributed by atoms with E-state index >= 15 is 0 Å². The standard InChI is InChI=1S/C33H27ClN2O2/c1-21-14-16-22(17-15-21)32-31-28(19-25(20-30(31)37)24-10-7-11-26(34)18-24)35-27-12-5-6-13-29(27)36(32)33(38)23-8-3-2-4-9-23/h2-18,25,31-32H,19-20H2,1H3/t25-,31-,32-/m0/s1. The van der Waals surface area contributed by atoms with Crippen molar-refractivity contribution in [2.45, 2.75) is 31.7 Å². The van der Waals surface area contributed by atoms with Gasteiger partial charge in [-0.1, -0.05) is 83.9 Å². The molecule has 0 saturated heterocycles. The quantitative estimate of drug-likeness (QED) is 0.277. The topological polar surface area (TPSA) is 49.7 Å². The van der Waals surface area contributed by atoms with Crippen molar-refractivity contribution in [3.05, 3.63) is 130 Å². The number of carbonyl (C=O) groups is 2. The van der Waals surface area contributed by atoms with Crippen molar-refractivity contribution in [2.24, 2.45) is 10.9 Å². The van der Waals surface area contributed by atoms with Crippen LogP contribution in [0.4, 0.5) is 11.4 Å². The predicted octanol–water partition coefficient (Wildman–Crippen LogP) is 7.89. The number of rotatable bonds is 3. The molecule has 1 fully saturated rings. The Morgan fingerprint density at radius 2 is 1.58 bits per heavy atom. The molecule has 0 bridgehead atoms. The Balaban J connectivity index is 1.53. The van der Waals surface area contributed by atoms with Crippen molar-refractivity contribution in [1.29, 1.82) is 0 Å². The van der Waals surface area contributed by atoms with E-state index in [1.165, 1.54) is 0 Å². The van der Waals surface area contributed by atoms with Gasteiger partial charge in [0.2, 0.25) is 0 Å². The minimum absolute atomic E-state index is 0.0154. The highest BCUT2D eigenvalue weighted by Gasteiger charge is 2.46. The second kappa shape index (κ2) is 10.0. The van der Waals surface area contributed by atoms with Crippen molar-refractivity contribution in [2.75, 3.05) is 4.90 Å². The molecule has 5 heteroatoms. The van der Waals surface area contributed by atoms with Crippen LogP contribution in [0.15, 0.2) is 108 Å². The van der Waals surface area contributed by atoms with Gasteiger partial charge in [0.1, 0.15) is 5.78 Å². The summed E-state index contributed by atoms with van der Waals surface area (Å²) < 4.78 is 0. The maximum absolute atomic E-state index is 14.2. The summed E-state index contributed by atoms with van der Waals surface area (Å²) in [6.45, 7) is 2.04. The summed E-state index contributed by atoms with van der Waals surface area (Å²) in [7, 11) is 0. The van der Waals surface area contributed by atoms with Gasteiger partial charge in [-0.05, 0) is 66.8 Å². The predicted molar refractivity (Wildman–Crippen MR) is 153 cm³/mol. The molecule has 6 rings (SSSR count). The van der Waals surface area contributed by atoms with E-state index < -0.39 is 12.0 Å². The number of benzene rings is 4. The lowest BCUT2D eigenvalue weighted by Gasteiger charge is -2.39. The van der Waals surface area contributed by atoms with Gasteiger partial charge >= 0.3 is 0 Å². The lowest BCUT2D eigenvalue weighted by Crippen LogP contribution is -2.45. The Kier molecular flexibility index (Phi) is 6.42. The molecule has 188 valence electrons. The molecule has 0 spiro atoms. The number of amides is 1. The van der Waals surface area contributed by atoms with Gasteiger partial charge in [-0.15, -0.1) is 0 Å². The number of hydrogen-bond acceptors (Lipinski definition) is 3. The fourth-order valence-electron chi connectivity index (χ4n) is 5.75. The Morgan fingerprint density at radius 3 is 2.34 bits per heavy atom. The van der Waals surface area contributed by atoms with Gasteiger partial charge in [-0.2, -0.15) is 0 Å². The number of hydrogen-bond donors (Lipinski definition) is 0. The van der Waals surface area contributed by atoms with Gasteiger partial charge in [0.25, 0.3) is 5.91 Å². The Bertz CT molecular complexity index is 1550. The van der Waals surface area contributed by atoms with Crippen LogP contribution < -0.4 is 4.90 Å². The number of nitrogens with zero attached hydrogens (tertiary/aromatic N) is 2. The second-order valence-electron chi connectivity index (χ2n) is 10.1. The number of aryl methyl sites for hydroxylation is 1. The Morgan fingerprint density at radius 1 is 0.842 bits per heavy atom. The van der Waals surface area contributed by atoms with Crippen molar-refractivity contribution < 1.29 is 9.59 Å². The van der Waals surface area contributed by atoms with Gasteiger partial charge in [0, 0.05) is 22.7 Å². The molecule has 0 aromatic heterocycles. The zero-order chi connectivity index (χ0) is 26.2. The summed E-state index contributed by atoms with van der Waals surface area (Å²) in [6, 6.07) is 32.3. The molecule has 0 radical (unpaired) electrons.